The maximum Gasteiger partial charge on any atom is 0.0328 e. The van der Waals surface area contributed by atoms with Gasteiger partial charge in [-0.15, -0.1) is 0 Å². The molecule has 0 aliphatic carbocycles. The zero-order valence-electron chi connectivity index (χ0n) is 5.57. The molecule has 0 unspecified atom stereocenters. The molecule has 0 radical (unpaired) electrons. The van der Waals surface area contributed by atoms with Crippen molar-refractivity contribution in [3.05, 3.63) is 31.1 Å². The normalized spacial score (nSPS) is 10.2. The van der Waals surface area contributed by atoms with Crippen molar-refractivity contribution in [2.75, 3.05) is 0 Å². The fourth-order valence-corrected chi connectivity index (χ4v) is 2.27. The van der Waals surface area contributed by atoms with E-state index < -0.39 is 0 Å². The van der Waals surface area contributed by atoms with Gasteiger partial charge < -0.3 is 5.73 Å². The van der Waals surface area contributed by atoms with E-state index in [1.165, 1.54) is 0 Å². The Balaban J connectivity index is 3.21. The van der Waals surface area contributed by atoms with Crippen molar-refractivity contribution in [3.63, 3.8) is 0 Å². The van der Waals surface area contributed by atoms with Gasteiger partial charge in [-0.1, -0.05) is 15.9 Å². The molecule has 0 atom stereocenters. The van der Waals surface area contributed by atoms with Crippen LogP contribution in [0.2, 0.25) is 0 Å². The number of benzene rings is 1. The first kappa shape index (κ1) is 9.71. The Morgan fingerprint density at radius 3 is 2.09 bits per heavy atom. The molecule has 0 aliphatic rings. The molecule has 0 heterocycles. The Morgan fingerprint density at radius 2 is 1.55 bits per heavy atom. The summed E-state index contributed by atoms with van der Waals surface area (Å²) in [5, 5.41) is 0. The predicted octanol–water partition coefficient (Wildman–Crippen LogP) is 3.43. The largest absolute Gasteiger partial charge is 0.326 e. The van der Waals surface area contributed by atoms with Crippen LogP contribution in [0.15, 0.2) is 25.6 Å². The molecule has 1 aromatic carbocycles. The van der Waals surface area contributed by atoms with Gasteiger partial charge in [0.25, 0.3) is 0 Å². The summed E-state index contributed by atoms with van der Waals surface area (Å²) in [4.78, 5) is 0. The van der Waals surface area contributed by atoms with Crippen molar-refractivity contribution in [2.45, 2.75) is 6.54 Å². The predicted molar refractivity (Wildman–Crippen MR) is 57.4 cm³/mol. The van der Waals surface area contributed by atoms with Crippen molar-refractivity contribution in [3.8, 4) is 0 Å². The summed E-state index contributed by atoms with van der Waals surface area (Å²) in [7, 11) is 0. The summed E-state index contributed by atoms with van der Waals surface area (Å²) in [6, 6.07) is 3.97. The maximum absolute atomic E-state index is 5.50. The molecule has 0 amide bonds. The quantitative estimate of drug-likeness (QED) is 0.777. The molecule has 11 heavy (non-hydrogen) atoms. The van der Waals surface area contributed by atoms with Crippen LogP contribution in [0.3, 0.4) is 0 Å². The molecular weight excluding hydrogens is 338 g/mol. The van der Waals surface area contributed by atoms with Gasteiger partial charge in [0, 0.05) is 20.0 Å². The van der Waals surface area contributed by atoms with Crippen LogP contribution in [0, 0.1) is 0 Å². The molecule has 1 aromatic rings. The highest BCUT2D eigenvalue weighted by molar-refractivity contribution is 9.13. The second-order valence-corrected chi connectivity index (χ2v) is 4.62. The number of nitrogens with two attached hydrogens (primary N) is 1. The van der Waals surface area contributed by atoms with Crippen LogP contribution in [-0.2, 0) is 6.54 Å². The Bertz CT molecular complexity index is 273. The van der Waals surface area contributed by atoms with Crippen molar-refractivity contribution >= 4 is 47.8 Å². The van der Waals surface area contributed by atoms with E-state index >= 15 is 0 Å². The fraction of sp³-hybridized carbons (Fsp3) is 0.143. The average molecular weight is 344 g/mol. The molecule has 0 saturated heterocycles. The number of hydrogen-bond acceptors (Lipinski definition) is 1. The second kappa shape index (κ2) is 4.03. The number of hydrogen-bond donors (Lipinski definition) is 1. The molecule has 0 saturated carbocycles. The Morgan fingerprint density at radius 1 is 1.00 bits per heavy atom. The topological polar surface area (TPSA) is 26.0 Å². The van der Waals surface area contributed by atoms with Crippen LogP contribution in [0.4, 0.5) is 0 Å². The summed E-state index contributed by atoms with van der Waals surface area (Å²) in [6.45, 7) is 0.548. The third kappa shape index (κ3) is 2.28. The van der Waals surface area contributed by atoms with Crippen molar-refractivity contribution < 1.29 is 0 Å². The van der Waals surface area contributed by atoms with E-state index in [1.807, 2.05) is 12.1 Å². The number of rotatable bonds is 1. The van der Waals surface area contributed by atoms with E-state index in [2.05, 4.69) is 47.8 Å². The van der Waals surface area contributed by atoms with Crippen LogP contribution < -0.4 is 5.73 Å². The molecule has 1 rings (SSSR count). The summed E-state index contributed by atoms with van der Waals surface area (Å²) in [5.74, 6) is 0. The lowest BCUT2D eigenvalue weighted by molar-refractivity contribution is 1.06. The second-order valence-electron chi connectivity index (χ2n) is 2.06. The van der Waals surface area contributed by atoms with Gasteiger partial charge in [-0.3, -0.25) is 0 Å². The van der Waals surface area contributed by atoms with E-state index in [0.717, 1.165) is 19.0 Å². The minimum absolute atomic E-state index is 0.548. The first-order chi connectivity index (χ1) is 5.15. The highest BCUT2D eigenvalue weighted by atomic mass is 79.9. The lowest BCUT2D eigenvalue weighted by Crippen LogP contribution is -1.97. The summed E-state index contributed by atoms with van der Waals surface area (Å²) in [6.07, 6.45) is 0. The summed E-state index contributed by atoms with van der Waals surface area (Å²) >= 11 is 10.2. The lowest BCUT2D eigenvalue weighted by Gasteiger charge is -2.03. The Hall–Kier alpha value is 0.620. The van der Waals surface area contributed by atoms with Gasteiger partial charge >= 0.3 is 0 Å². The minimum Gasteiger partial charge on any atom is -0.326 e. The first-order valence-electron chi connectivity index (χ1n) is 2.98. The Kier molecular flexibility index (Phi) is 3.55. The van der Waals surface area contributed by atoms with E-state index in [9.17, 15) is 0 Å². The third-order valence-corrected chi connectivity index (χ3v) is 3.89. The minimum atomic E-state index is 0.548. The van der Waals surface area contributed by atoms with Gasteiger partial charge in [-0.25, -0.2) is 0 Å². The molecule has 1 nitrogen and oxygen atoms in total. The van der Waals surface area contributed by atoms with Crippen molar-refractivity contribution in [1.82, 2.24) is 0 Å². The molecule has 60 valence electrons. The van der Waals surface area contributed by atoms with Crippen LogP contribution in [0.1, 0.15) is 5.56 Å². The van der Waals surface area contributed by atoms with Crippen LogP contribution in [0.25, 0.3) is 0 Å². The zero-order chi connectivity index (χ0) is 8.43. The third-order valence-electron chi connectivity index (χ3n) is 1.31. The van der Waals surface area contributed by atoms with E-state index in [1.54, 1.807) is 0 Å². The highest BCUT2D eigenvalue weighted by Crippen LogP contribution is 2.29. The van der Waals surface area contributed by atoms with Gasteiger partial charge in [0.05, 0.1) is 0 Å². The number of halogens is 3. The monoisotopic (exact) mass is 341 g/mol. The van der Waals surface area contributed by atoms with Gasteiger partial charge in [-0.05, 0) is 49.6 Å². The van der Waals surface area contributed by atoms with Crippen molar-refractivity contribution in [1.29, 1.82) is 0 Å². The van der Waals surface area contributed by atoms with Crippen LogP contribution in [-0.4, -0.2) is 0 Å². The van der Waals surface area contributed by atoms with E-state index in [0.29, 0.717) is 6.54 Å². The molecule has 0 bridgehead atoms. The standard InChI is InChI=1S/C7H6Br3N/c8-5-2-7(10)6(9)1-4(5)3-11/h1-2H,3,11H2. The average Bonchev–Trinajstić information content (AvgIpc) is 1.97. The molecule has 2 N–H and O–H groups in total. The van der Waals surface area contributed by atoms with Gasteiger partial charge in [-0.2, -0.15) is 0 Å². The maximum atomic E-state index is 5.50. The lowest BCUT2D eigenvalue weighted by atomic mass is 10.2. The van der Waals surface area contributed by atoms with E-state index in [4.69, 9.17) is 5.73 Å². The molecule has 0 aliphatic heterocycles. The molecule has 0 aromatic heterocycles. The Labute approximate surface area is 90.7 Å². The molecular formula is C7H6Br3N. The van der Waals surface area contributed by atoms with E-state index in [-0.39, 0.29) is 0 Å². The summed E-state index contributed by atoms with van der Waals surface area (Å²) in [5.41, 5.74) is 6.60. The summed E-state index contributed by atoms with van der Waals surface area (Å²) < 4.78 is 3.10. The highest BCUT2D eigenvalue weighted by Gasteiger charge is 2.02. The zero-order valence-corrected chi connectivity index (χ0v) is 10.3. The molecule has 4 heteroatoms. The van der Waals surface area contributed by atoms with Gasteiger partial charge in [0.2, 0.25) is 0 Å². The molecule has 0 spiro atoms. The molecule has 0 fully saturated rings. The van der Waals surface area contributed by atoms with Gasteiger partial charge in [0.1, 0.15) is 0 Å². The fourth-order valence-electron chi connectivity index (χ4n) is 0.720. The first-order valence-corrected chi connectivity index (χ1v) is 5.36. The smallest absolute Gasteiger partial charge is 0.0328 e. The SMILES string of the molecule is NCc1cc(Br)c(Br)cc1Br. The van der Waals surface area contributed by atoms with Crippen molar-refractivity contribution in [2.24, 2.45) is 5.73 Å². The van der Waals surface area contributed by atoms with Gasteiger partial charge in [0.15, 0.2) is 0 Å². The van der Waals surface area contributed by atoms with Crippen LogP contribution in [0.5, 0.6) is 0 Å². The van der Waals surface area contributed by atoms with Crippen LogP contribution >= 0.6 is 47.8 Å².